The zero-order chi connectivity index (χ0) is 14.1. The molecule has 1 heterocycles. The second-order valence-electron chi connectivity index (χ2n) is 4.52. The number of halogens is 1. The predicted molar refractivity (Wildman–Crippen MR) is 82.8 cm³/mol. The van der Waals surface area contributed by atoms with E-state index in [2.05, 4.69) is 33.7 Å². The smallest absolute Gasteiger partial charge is 0.358 e. The molecular weight excluding hydrogens is 330 g/mol. The van der Waals surface area contributed by atoms with Crippen molar-refractivity contribution in [2.45, 2.75) is 51.5 Å². The second-order valence-corrected chi connectivity index (χ2v) is 5.82. The van der Waals surface area contributed by atoms with Gasteiger partial charge in [-0.15, -0.1) is 0 Å². The van der Waals surface area contributed by atoms with Crippen molar-refractivity contribution in [1.82, 2.24) is 9.78 Å². The first-order valence-corrected chi connectivity index (χ1v) is 8.06. The number of aromatic nitrogens is 2. The highest BCUT2D eigenvalue weighted by Gasteiger charge is 2.17. The molecule has 0 saturated heterocycles. The Kier molecular flexibility index (Phi) is 8.13. The lowest BCUT2D eigenvalue weighted by Crippen LogP contribution is -1.99. The molecule has 0 N–H and O–H groups in total. The molecule has 0 spiro atoms. The summed E-state index contributed by atoms with van der Waals surface area (Å²) in [6, 6.07) is 0. The highest BCUT2D eigenvalue weighted by molar-refractivity contribution is 9.10. The summed E-state index contributed by atoms with van der Waals surface area (Å²) in [6.07, 6.45) is 10.1. The van der Waals surface area contributed by atoms with Crippen LogP contribution >= 0.6 is 28.6 Å². The van der Waals surface area contributed by atoms with Crippen LogP contribution in [0.1, 0.15) is 44.9 Å². The van der Waals surface area contributed by atoms with Crippen molar-refractivity contribution in [3.63, 3.8) is 0 Å². The van der Waals surface area contributed by atoms with E-state index >= 15 is 0 Å². The van der Waals surface area contributed by atoms with Crippen LogP contribution in [0.5, 0.6) is 0 Å². The van der Waals surface area contributed by atoms with Crippen LogP contribution in [0, 0.1) is 10.1 Å². The molecule has 0 atom stereocenters. The van der Waals surface area contributed by atoms with Gasteiger partial charge in [0.05, 0.1) is 17.8 Å². The second kappa shape index (κ2) is 9.36. The highest BCUT2D eigenvalue weighted by Crippen LogP contribution is 2.22. The summed E-state index contributed by atoms with van der Waals surface area (Å²) in [5.74, 6) is 0.874. The number of nitro groups is 1. The quantitative estimate of drug-likeness (QED) is 0.298. The first-order chi connectivity index (χ1) is 9.15. The molecule has 0 amide bonds. The zero-order valence-electron chi connectivity index (χ0n) is 10.9. The van der Waals surface area contributed by atoms with E-state index in [1.54, 1.807) is 10.9 Å². The Morgan fingerprint density at radius 1 is 1.21 bits per heavy atom. The van der Waals surface area contributed by atoms with Crippen LogP contribution < -0.4 is 0 Å². The van der Waals surface area contributed by atoms with Gasteiger partial charge in [0, 0.05) is 0 Å². The van der Waals surface area contributed by atoms with Gasteiger partial charge in [-0.25, -0.2) is 0 Å². The summed E-state index contributed by atoms with van der Waals surface area (Å²) in [6.45, 7) is 0.739. The molecule has 1 rings (SSSR count). The van der Waals surface area contributed by atoms with Crippen molar-refractivity contribution < 1.29 is 4.92 Å². The van der Waals surface area contributed by atoms with Crippen LogP contribution in [0.25, 0.3) is 0 Å². The molecule has 1 aromatic rings. The van der Waals surface area contributed by atoms with Crippen molar-refractivity contribution in [3.05, 3.63) is 20.8 Å². The molecule has 0 bridgehead atoms. The lowest BCUT2D eigenvalue weighted by Gasteiger charge is -2.00. The molecule has 0 fully saturated rings. The number of rotatable bonds is 10. The number of hydrogen-bond acceptors (Lipinski definition) is 4. The fourth-order valence-electron chi connectivity index (χ4n) is 1.89. The summed E-state index contributed by atoms with van der Waals surface area (Å²) < 4.78 is 2.09. The normalized spacial score (nSPS) is 10.8. The van der Waals surface area contributed by atoms with Gasteiger partial charge in [-0.3, -0.25) is 0 Å². The molecule has 0 aliphatic carbocycles. The van der Waals surface area contributed by atoms with Crippen molar-refractivity contribution in [2.75, 3.05) is 5.75 Å². The van der Waals surface area contributed by atoms with Crippen LogP contribution in [0.15, 0.2) is 10.7 Å². The molecule has 0 radical (unpaired) electrons. The fourth-order valence-corrected chi connectivity index (χ4v) is 2.58. The van der Waals surface area contributed by atoms with Crippen molar-refractivity contribution in [3.8, 4) is 0 Å². The largest absolute Gasteiger partial charge is 0.404 e. The minimum absolute atomic E-state index is 0.105. The maximum absolute atomic E-state index is 10.6. The Morgan fingerprint density at radius 2 is 1.79 bits per heavy atom. The molecule has 1 aromatic heterocycles. The third-order valence-corrected chi connectivity index (χ3v) is 3.79. The average Bonchev–Trinajstić information content (AvgIpc) is 2.74. The van der Waals surface area contributed by atoms with Crippen molar-refractivity contribution in [1.29, 1.82) is 0 Å². The molecule has 0 aliphatic heterocycles. The summed E-state index contributed by atoms with van der Waals surface area (Å²) in [5.41, 5.74) is 0. The first kappa shape index (κ1) is 16.5. The molecule has 0 aliphatic rings. The van der Waals surface area contributed by atoms with E-state index < -0.39 is 4.92 Å². The molecule has 5 nitrogen and oxygen atoms in total. The van der Waals surface area contributed by atoms with Gasteiger partial charge in [0.1, 0.15) is 4.47 Å². The molecule has 19 heavy (non-hydrogen) atoms. The van der Waals surface area contributed by atoms with Crippen LogP contribution in [-0.4, -0.2) is 20.5 Å². The fraction of sp³-hybridized carbons (Fsp3) is 0.750. The minimum atomic E-state index is -0.470. The van der Waals surface area contributed by atoms with Crippen molar-refractivity contribution >= 4 is 34.4 Å². The first-order valence-electron chi connectivity index (χ1n) is 6.63. The van der Waals surface area contributed by atoms with Gasteiger partial charge < -0.3 is 10.1 Å². The van der Waals surface area contributed by atoms with Crippen molar-refractivity contribution in [2.24, 2.45) is 0 Å². The van der Waals surface area contributed by atoms with Gasteiger partial charge >= 0.3 is 5.82 Å². The number of thiol groups is 1. The topological polar surface area (TPSA) is 61.0 Å². The Bertz CT molecular complexity index is 398. The number of hydrogen-bond donors (Lipinski definition) is 1. The molecule has 0 saturated carbocycles. The molecule has 0 unspecified atom stereocenters. The Hall–Kier alpha value is -0.560. The van der Waals surface area contributed by atoms with Gasteiger partial charge in [-0.2, -0.15) is 17.3 Å². The lowest BCUT2D eigenvalue weighted by molar-refractivity contribution is -0.390. The maximum Gasteiger partial charge on any atom is 0.404 e. The Morgan fingerprint density at radius 3 is 2.32 bits per heavy atom. The van der Waals surface area contributed by atoms with E-state index in [1.165, 1.54) is 32.1 Å². The zero-order valence-corrected chi connectivity index (χ0v) is 13.4. The third-order valence-electron chi connectivity index (χ3n) is 2.92. The minimum Gasteiger partial charge on any atom is -0.358 e. The number of aryl methyl sites for hydroxylation is 1. The van der Waals surface area contributed by atoms with Gasteiger partial charge in [-0.05, 0) is 39.4 Å². The molecular formula is C12H20BrN3O2S. The molecule has 108 valence electrons. The third kappa shape index (κ3) is 6.42. The predicted octanol–water partition coefficient (Wildman–Crippen LogP) is 4.21. The summed E-state index contributed by atoms with van der Waals surface area (Å²) >= 11 is 7.33. The van der Waals surface area contributed by atoms with E-state index in [1.807, 2.05) is 0 Å². The van der Waals surface area contributed by atoms with Crippen LogP contribution in [0.4, 0.5) is 5.82 Å². The summed E-state index contributed by atoms with van der Waals surface area (Å²) in [7, 11) is 0. The van der Waals surface area contributed by atoms with Crippen LogP contribution in [0.3, 0.4) is 0 Å². The molecule has 0 aromatic carbocycles. The van der Waals surface area contributed by atoms with Gasteiger partial charge in [0.15, 0.2) is 0 Å². The monoisotopic (exact) mass is 349 g/mol. The number of unbranched alkanes of at least 4 members (excludes halogenated alkanes) is 6. The summed E-state index contributed by atoms with van der Waals surface area (Å²) in [4.78, 5) is 10.2. The molecule has 7 heteroatoms. The Balaban J connectivity index is 2.12. The Labute approximate surface area is 127 Å². The standard InChI is InChI=1S/C12H20BrN3O2S/c13-11-10-15(14-12(11)16(17)18)8-6-4-2-1-3-5-7-9-19/h10,19H,1-9H2. The lowest BCUT2D eigenvalue weighted by atomic mass is 10.1. The van der Waals surface area contributed by atoms with E-state index in [-0.39, 0.29) is 5.82 Å². The van der Waals surface area contributed by atoms with Crippen LogP contribution in [-0.2, 0) is 6.54 Å². The number of nitrogens with zero attached hydrogens (tertiary/aromatic N) is 3. The maximum atomic E-state index is 10.6. The van der Waals surface area contributed by atoms with E-state index in [0.717, 1.165) is 25.1 Å². The van der Waals surface area contributed by atoms with Crippen LogP contribution in [0.2, 0.25) is 0 Å². The van der Waals surface area contributed by atoms with Gasteiger partial charge in [0.2, 0.25) is 0 Å². The average molecular weight is 350 g/mol. The van der Waals surface area contributed by atoms with E-state index in [9.17, 15) is 10.1 Å². The summed E-state index contributed by atoms with van der Waals surface area (Å²) in [5, 5.41) is 14.6. The SMILES string of the molecule is O=[N+]([O-])c1nn(CCCCCCCCCS)cc1Br. The highest BCUT2D eigenvalue weighted by atomic mass is 79.9. The van der Waals surface area contributed by atoms with E-state index in [4.69, 9.17) is 0 Å². The van der Waals surface area contributed by atoms with E-state index in [0.29, 0.717) is 4.47 Å². The van der Waals surface area contributed by atoms with Gasteiger partial charge in [-0.1, -0.05) is 32.1 Å². The van der Waals surface area contributed by atoms with Gasteiger partial charge in [0.25, 0.3) is 0 Å².